The summed E-state index contributed by atoms with van der Waals surface area (Å²) in [6.07, 6.45) is 3.76. The van der Waals surface area contributed by atoms with Crippen molar-refractivity contribution in [2.75, 3.05) is 18.5 Å². The molecule has 6 heteroatoms. The van der Waals surface area contributed by atoms with E-state index in [1.54, 1.807) is 12.4 Å². The van der Waals surface area contributed by atoms with Crippen LogP contribution in [-0.2, 0) is 0 Å². The monoisotopic (exact) mass is 230 g/mol. The molecule has 14 heavy (non-hydrogen) atoms. The largest absolute Gasteiger partial charge is 0.393 e. The van der Waals surface area contributed by atoms with E-state index in [9.17, 15) is 0 Å². The third-order valence-corrected chi connectivity index (χ3v) is 2.04. The molecule has 2 N–H and O–H groups in total. The lowest BCUT2D eigenvalue weighted by Crippen LogP contribution is -2.24. The first-order chi connectivity index (χ1) is 6.59. The van der Waals surface area contributed by atoms with Crippen LogP contribution in [0.3, 0.4) is 0 Å². The van der Waals surface area contributed by atoms with E-state index in [2.05, 4.69) is 9.97 Å². The maximum atomic E-state index is 5.66. The maximum Gasteiger partial charge on any atom is 0.225 e. The number of anilines is 1. The smallest absolute Gasteiger partial charge is 0.225 e. The lowest BCUT2D eigenvalue weighted by molar-refractivity contribution is 0.870. The average molecular weight is 231 g/mol. The van der Waals surface area contributed by atoms with Crippen LogP contribution in [0.1, 0.15) is 6.42 Å². The van der Waals surface area contributed by atoms with Gasteiger partial charge in [0.15, 0.2) is 0 Å². The predicted octanol–water partition coefficient (Wildman–Crippen LogP) is 1.24. The Morgan fingerprint density at radius 2 is 2.14 bits per heavy atom. The number of rotatable bonds is 4. The highest BCUT2D eigenvalue weighted by Crippen LogP contribution is 2.08. The first kappa shape index (κ1) is 11.1. The summed E-state index contributed by atoms with van der Waals surface area (Å²) in [5, 5.41) is 0.525. The molecule has 0 saturated carbocycles. The van der Waals surface area contributed by atoms with Gasteiger partial charge in [-0.15, -0.1) is 0 Å². The van der Waals surface area contributed by atoms with Crippen molar-refractivity contribution in [2.24, 2.45) is 5.73 Å². The van der Waals surface area contributed by atoms with Crippen molar-refractivity contribution in [3.63, 3.8) is 0 Å². The number of aromatic nitrogens is 2. The van der Waals surface area contributed by atoms with Crippen LogP contribution in [0.15, 0.2) is 12.4 Å². The topological polar surface area (TPSA) is 55.0 Å². The minimum atomic E-state index is 0.491. The predicted molar refractivity (Wildman–Crippen MR) is 61.7 cm³/mol. The van der Waals surface area contributed by atoms with Crippen LogP contribution in [0, 0.1) is 0 Å². The van der Waals surface area contributed by atoms with Crippen molar-refractivity contribution >= 4 is 34.8 Å². The SMILES string of the molecule is CN(CCC(N)=S)c1ncc(Cl)cn1. The number of nitrogens with zero attached hydrogens (tertiary/aromatic N) is 3. The first-order valence-corrected chi connectivity index (χ1v) is 4.85. The van der Waals surface area contributed by atoms with Crippen molar-refractivity contribution < 1.29 is 0 Å². The van der Waals surface area contributed by atoms with Crippen LogP contribution in [0.25, 0.3) is 0 Å². The zero-order valence-corrected chi connectivity index (χ0v) is 9.35. The Morgan fingerprint density at radius 3 is 2.64 bits per heavy atom. The van der Waals surface area contributed by atoms with Crippen LogP contribution in [-0.4, -0.2) is 28.5 Å². The van der Waals surface area contributed by atoms with E-state index in [4.69, 9.17) is 29.6 Å². The Morgan fingerprint density at radius 1 is 1.57 bits per heavy atom. The van der Waals surface area contributed by atoms with Gasteiger partial charge >= 0.3 is 0 Å². The van der Waals surface area contributed by atoms with Crippen LogP contribution >= 0.6 is 23.8 Å². The van der Waals surface area contributed by atoms with Gasteiger partial charge in [-0.3, -0.25) is 0 Å². The Hall–Kier alpha value is -0.940. The molecular formula is C8H11ClN4S. The number of nitrogens with two attached hydrogens (primary N) is 1. The molecule has 76 valence electrons. The lowest BCUT2D eigenvalue weighted by atomic mass is 10.4. The Balaban J connectivity index is 2.56. The minimum absolute atomic E-state index is 0.491. The molecule has 1 heterocycles. The molecule has 0 amide bonds. The molecule has 0 bridgehead atoms. The molecule has 1 rings (SSSR count). The van der Waals surface area contributed by atoms with E-state index in [0.717, 1.165) is 0 Å². The van der Waals surface area contributed by atoms with E-state index in [0.29, 0.717) is 28.9 Å². The van der Waals surface area contributed by atoms with Gasteiger partial charge in [0.1, 0.15) is 0 Å². The van der Waals surface area contributed by atoms with Gasteiger partial charge in [0.2, 0.25) is 5.95 Å². The molecule has 1 aromatic heterocycles. The fourth-order valence-corrected chi connectivity index (χ4v) is 1.07. The van der Waals surface area contributed by atoms with Gasteiger partial charge in [0, 0.05) is 20.0 Å². The van der Waals surface area contributed by atoms with Crippen molar-refractivity contribution in [1.29, 1.82) is 0 Å². The molecule has 0 saturated heterocycles. The van der Waals surface area contributed by atoms with E-state index in [1.807, 2.05) is 11.9 Å². The van der Waals surface area contributed by atoms with Crippen molar-refractivity contribution in [3.05, 3.63) is 17.4 Å². The Bertz CT molecular complexity index is 314. The molecular weight excluding hydrogens is 220 g/mol. The molecule has 0 aromatic carbocycles. The van der Waals surface area contributed by atoms with Crippen LogP contribution in [0.2, 0.25) is 5.02 Å². The number of hydrogen-bond acceptors (Lipinski definition) is 4. The highest BCUT2D eigenvalue weighted by atomic mass is 35.5. The van der Waals surface area contributed by atoms with Gasteiger partial charge in [-0.05, 0) is 0 Å². The molecule has 0 spiro atoms. The Labute approximate surface area is 93.1 Å². The normalized spacial score (nSPS) is 9.86. The summed E-state index contributed by atoms with van der Waals surface area (Å²) in [5.41, 5.74) is 5.39. The molecule has 4 nitrogen and oxygen atoms in total. The zero-order valence-electron chi connectivity index (χ0n) is 7.77. The summed E-state index contributed by atoms with van der Waals surface area (Å²) in [7, 11) is 1.88. The summed E-state index contributed by atoms with van der Waals surface area (Å²) in [4.78, 5) is 10.5. The van der Waals surface area contributed by atoms with Gasteiger partial charge in [0.05, 0.1) is 22.4 Å². The van der Waals surface area contributed by atoms with Crippen molar-refractivity contribution in [2.45, 2.75) is 6.42 Å². The number of thiocarbonyl (C=S) groups is 1. The second kappa shape index (κ2) is 5.07. The second-order valence-corrected chi connectivity index (χ2v) is 3.80. The number of halogens is 1. The van der Waals surface area contributed by atoms with Gasteiger partial charge in [-0.2, -0.15) is 0 Å². The van der Waals surface area contributed by atoms with E-state index >= 15 is 0 Å². The van der Waals surface area contributed by atoms with Gasteiger partial charge < -0.3 is 10.6 Å². The van der Waals surface area contributed by atoms with Gasteiger partial charge in [-0.1, -0.05) is 23.8 Å². The summed E-state index contributed by atoms with van der Waals surface area (Å²) in [5.74, 6) is 0.616. The maximum absolute atomic E-state index is 5.66. The lowest BCUT2D eigenvalue weighted by Gasteiger charge is -2.15. The molecule has 0 aliphatic rings. The van der Waals surface area contributed by atoms with Crippen LogP contribution in [0.5, 0.6) is 0 Å². The summed E-state index contributed by atoms with van der Waals surface area (Å²) < 4.78 is 0. The molecule has 0 unspecified atom stereocenters. The molecule has 0 radical (unpaired) electrons. The third kappa shape index (κ3) is 3.43. The van der Waals surface area contributed by atoms with E-state index in [1.165, 1.54) is 0 Å². The van der Waals surface area contributed by atoms with Crippen molar-refractivity contribution in [1.82, 2.24) is 9.97 Å². The summed E-state index contributed by atoms with van der Waals surface area (Å²) in [6, 6.07) is 0. The quantitative estimate of drug-likeness (QED) is 0.789. The fraction of sp³-hybridized carbons (Fsp3) is 0.375. The highest BCUT2D eigenvalue weighted by molar-refractivity contribution is 7.80. The fourth-order valence-electron chi connectivity index (χ4n) is 0.880. The molecule has 0 fully saturated rings. The van der Waals surface area contributed by atoms with E-state index in [-0.39, 0.29) is 0 Å². The van der Waals surface area contributed by atoms with Crippen LogP contribution < -0.4 is 10.6 Å². The summed E-state index contributed by atoms with van der Waals surface area (Å²) >= 11 is 10.4. The highest BCUT2D eigenvalue weighted by Gasteiger charge is 2.03. The molecule has 0 atom stereocenters. The van der Waals surface area contributed by atoms with Gasteiger partial charge in [0.25, 0.3) is 0 Å². The Kier molecular flexibility index (Phi) is 4.03. The number of hydrogen-bond donors (Lipinski definition) is 1. The molecule has 0 aliphatic heterocycles. The van der Waals surface area contributed by atoms with Crippen LogP contribution in [0.4, 0.5) is 5.95 Å². The molecule has 1 aromatic rings. The minimum Gasteiger partial charge on any atom is -0.393 e. The van der Waals surface area contributed by atoms with Gasteiger partial charge in [-0.25, -0.2) is 9.97 Å². The average Bonchev–Trinajstić information content (AvgIpc) is 2.15. The zero-order chi connectivity index (χ0) is 10.6. The first-order valence-electron chi connectivity index (χ1n) is 4.06. The second-order valence-electron chi connectivity index (χ2n) is 2.84. The molecule has 0 aliphatic carbocycles. The summed E-state index contributed by atoms with van der Waals surface area (Å²) in [6.45, 7) is 0.705. The third-order valence-electron chi connectivity index (χ3n) is 1.64. The van der Waals surface area contributed by atoms with E-state index < -0.39 is 0 Å². The van der Waals surface area contributed by atoms with Crippen molar-refractivity contribution in [3.8, 4) is 0 Å². The standard InChI is InChI=1S/C8H11ClN4S/c1-13(3-2-7(10)14)8-11-4-6(9)5-12-8/h4-5H,2-3H2,1H3,(H2,10,14).